The minimum atomic E-state index is 0.124. The third-order valence-corrected chi connectivity index (χ3v) is 5.83. The van der Waals surface area contributed by atoms with Crippen molar-refractivity contribution in [2.24, 2.45) is 11.0 Å². The Morgan fingerprint density at radius 3 is 2.68 bits per heavy atom. The first kappa shape index (κ1) is 18.3. The summed E-state index contributed by atoms with van der Waals surface area (Å²) in [4.78, 5) is 4.66. The Hall–Kier alpha value is -3.07. The van der Waals surface area contributed by atoms with Crippen LogP contribution >= 0.6 is 0 Å². The van der Waals surface area contributed by atoms with Gasteiger partial charge < -0.3 is 9.84 Å². The Kier molecular flexibility index (Phi) is 4.91. The van der Waals surface area contributed by atoms with Gasteiger partial charge in [-0.05, 0) is 56.0 Å². The van der Waals surface area contributed by atoms with E-state index >= 15 is 0 Å². The van der Waals surface area contributed by atoms with Gasteiger partial charge in [-0.3, -0.25) is 0 Å². The van der Waals surface area contributed by atoms with E-state index in [4.69, 9.17) is 9.84 Å². The Labute approximate surface area is 165 Å². The van der Waals surface area contributed by atoms with Gasteiger partial charge in [-0.1, -0.05) is 12.8 Å². The van der Waals surface area contributed by atoms with Crippen molar-refractivity contribution in [3.8, 4) is 17.6 Å². The first-order valence-electron chi connectivity index (χ1n) is 9.72. The molecule has 1 saturated carbocycles. The first-order valence-corrected chi connectivity index (χ1v) is 9.72. The lowest BCUT2D eigenvalue weighted by atomic mass is 9.92. The molecule has 0 bridgehead atoms. The second kappa shape index (κ2) is 7.51. The molecule has 2 aliphatic rings. The molecule has 1 N–H and O–H groups in total. The summed E-state index contributed by atoms with van der Waals surface area (Å²) >= 11 is 0. The monoisotopic (exact) mass is 376 g/mol. The van der Waals surface area contributed by atoms with Crippen LogP contribution in [0.25, 0.3) is 0 Å². The van der Waals surface area contributed by atoms with Crippen LogP contribution < -0.4 is 9.75 Å². The molecule has 0 saturated heterocycles. The third-order valence-electron chi connectivity index (χ3n) is 5.83. The van der Waals surface area contributed by atoms with Crippen LogP contribution in [0.2, 0.25) is 0 Å². The molecule has 144 valence electrons. The van der Waals surface area contributed by atoms with Crippen LogP contribution in [0.4, 0.5) is 5.82 Å². The van der Waals surface area contributed by atoms with Crippen LogP contribution in [0.15, 0.2) is 35.4 Å². The van der Waals surface area contributed by atoms with E-state index in [0.29, 0.717) is 17.2 Å². The van der Waals surface area contributed by atoms with Crippen LogP contribution in [-0.2, 0) is 0 Å². The Balaban J connectivity index is 1.72. The summed E-state index contributed by atoms with van der Waals surface area (Å²) in [6.45, 7) is 1.86. The van der Waals surface area contributed by atoms with Crippen molar-refractivity contribution in [1.29, 1.82) is 5.26 Å². The molecule has 1 aliphatic heterocycles. The van der Waals surface area contributed by atoms with E-state index in [1.165, 1.54) is 25.7 Å². The molecular formula is C22H24N4O2. The van der Waals surface area contributed by atoms with E-state index < -0.39 is 0 Å². The first-order chi connectivity index (χ1) is 13.6. The Morgan fingerprint density at radius 2 is 2.00 bits per heavy atom. The van der Waals surface area contributed by atoms with Gasteiger partial charge in [-0.2, -0.15) is 10.4 Å². The van der Waals surface area contributed by atoms with Gasteiger partial charge in [0.25, 0.3) is 0 Å². The molecule has 6 heteroatoms. The Bertz CT molecular complexity index is 957. The lowest BCUT2D eigenvalue weighted by Gasteiger charge is -2.27. The highest BCUT2D eigenvalue weighted by Gasteiger charge is 2.36. The second-order valence-corrected chi connectivity index (χ2v) is 7.51. The molecule has 1 aliphatic carbocycles. The SMILES string of the molecule is COc1cc(C2=NN(c3ccc(C#N)c(C)n3)[C@@H](C3CCCC3)C2)ccc1O. The predicted octanol–water partition coefficient (Wildman–Crippen LogP) is 4.15. The van der Waals surface area contributed by atoms with Gasteiger partial charge in [0.05, 0.1) is 30.1 Å². The van der Waals surface area contributed by atoms with Crippen LogP contribution in [-0.4, -0.2) is 29.0 Å². The van der Waals surface area contributed by atoms with Crippen LogP contribution in [0.1, 0.15) is 48.9 Å². The summed E-state index contributed by atoms with van der Waals surface area (Å²) in [6, 6.07) is 11.5. The van der Waals surface area contributed by atoms with Gasteiger partial charge in [-0.15, -0.1) is 0 Å². The number of anilines is 1. The number of aryl methyl sites for hydroxylation is 1. The van der Waals surface area contributed by atoms with Crippen molar-refractivity contribution in [2.75, 3.05) is 12.1 Å². The molecule has 4 rings (SSSR count). The molecule has 1 atom stereocenters. The lowest BCUT2D eigenvalue weighted by Crippen LogP contribution is -2.33. The number of benzene rings is 1. The standard InChI is InChI=1S/C22H24N4O2/c1-14-17(13-23)8-10-22(24-14)26-19(15-5-3-4-6-15)12-18(25-26)16-7-9-20(27)21(11-16)28-2/h7-11,15,19,27H,3-6,12H2,1-2H3/t19-/m1/s1. The zero-order chi connectivity index (χ0) is 19.7. The third kappa shape index (κ3) is 3.29. The van der Waals surface area contributed by atoms with Gasteiger partial charge in [0.1, 0.15) is 11.9 Å². The molecule has 6 nitrogen and oxygen atoms in total. The molecule has 0 radical (unpaired) electrons. The highest BCUT2D eigenvalue weighted by Crippen LogP contribution is 2.38. The van der Waals surface area contributed by atoms with Crippen molar-refractivity contribution in [2.45, 2.75) is 45.1 Å². The number of rotatable bonds is 4. The highest BCUT2D eigenvalue weighted by atomic mass is 16.5. The van der Waals surface area contributed by atoms with Crippen molar-refractivity contribution in [3.05, 3.63) is 47.2 Å². The largest absolute Gasteiger partial charge is 0.504 e. The molecule has 0 unspecified atom stereocenters. The fraction of sp³-hybridized carbons (Fsp3) is 0.409. The van der Waals surface area contributed by atoms with Gasteiger partial charge in [0.15, 0.2) is 11.5 Å². The normalized spacial score (nSPS) is 19.5. The van der Waals surface area contributed by atoms with E-state index in [2.05, 4.69) is 11.1 Å². The number of hydrogen-bond donors (Lipinski definition) is 1. The lowest BCUT2D eigenvalue weighted by molar-refractivity contribution is 0.373. The summed E-state index contributed by atoms with van der Waals surface area (Å²) in [6.07, 6.45) is 5.77. The van der Waals surface area contributed by atoms with Crippen LogP contribution in [0, 0.1) is 24.2 Å². The summed E-state index contributed by atoms with van der Waals surface area (Å²) in [5.74, 6) is 1.94. The topological polar surface area (TPSA) is 81.7 Å². The molecule has 1 aromatic carbocycles. The zero-order valence-electron chi connectivity index (χ0n) is 16.2. The molecule has 2 aromatic rings. The molecule has 0 spiro atoms. The number of phenolic OH excluding ortho intramolecular Hbond substituents is 1. The quantitative estimate of drug-likeness (QED) is 0.867. The number of hydrazone groups is 1. The smallest absolute Gasteiger partial charge is 0.161 e. The molecule has 0 amide bonds. The molecule has 2 heterocycles. The zero-order valence-corrected chi connectivity index (χ0v) is 16.2. The minimum Gasteiger partial charge on any atom is -0.504 e. The minimum absolute atomic E-state index is 0.124. The second-order valence-electron chi connectivity index (χ2n) is 7.51. The number of phenols is 1. The maximum atomic E-state index is 9.90. The number of methoxy groups -OCH3 is 1. The van der Waals surface area contributed by atoms with Crippen molar-refractivity contribution < 1.29 is 9.84 Å². The van der Waals surface area contributed by atoms with Gasteiger partial charge in [0, 0.05) is 12.0 Å². The van der Waals surface area contributed by atoms with E-state index in [0.717, 1.165) is 29.2 Å². The van der Waals surface area contributed by atoms with Gasteiger partial charge in [0.2, 0.25) is 0 Å². The summed E-state index contributed by atoms with van der Waals surface area (Å²) in [5, 5.41) is 26.1. The summed E-state index contributed by atoms with van der Waals surface area (Å²) in [5.41, 5.74) is 3.23. The van der Waals surface area contributed by atoms with Crippen LogP contribution in [0.5, 0.6) is 11.5 Å². The molecule has 1 aromatic heterocycles. The maximum Gasteiger partial charge on any atom is 0.161 e. The molecule has 1 fully saturated rings. The molecular weight excluding hydrogens is 352 g/mol. The van der Waals surface area contributed by atoms with Crippen molar-refractivity contribution in [3.63, 3.8) is 0 Å². The van der Waals surface area contributed by atoms with Crippen molar-refractivity contribution >= 4 is 11.5 Å². The highest BCUT2D eigenvalue weighted by molar-refractivity contribution is 6.03. The summed E-state index contributed by atoms with van der Waals surface area (Å²) < 4.78 is 5.26. The number of pyridine rings is 1. The van der Waals surface area contributed by atoms with Gasteiger partial charge in [-0.25, -0.2) is 9.99 Å². The molecule has 28 heavy (non-hydrogen) atoms. The number of hydrogen-bond acceptors (Lipinski definition) is 6. The number of aromatic nitrogens is 1. The average molecular weight is 376 g/mol. The van der Waals surface area contributed by atoms with E-state index in [9.17, 15) is 10.4 Å². The number of nitrogens with zero attached hydrogens (tertiary/aromatic N) is 4. The van der Waals surface area contributed by atoms with Gasteiger partial charge >= 0.3 is 0 Å². The fourth-order valence-corrected chi connectivity index (χ4v) is 4.29. The predicted molar refractivity (Wildman–Crippen MR) is 108 cm³/mol. The Morgan fingerprint density at radius 1 is 1.21 bits per heavy atom. The number of aromatic hydroxyl groups is 1. The maximum absolute atomic E-state index is 9.90. The number of ether oxygens (including phenoxy) is 1. The van der Waals surface area contributed by atoms with E-state index in [1.807, 2.05) is 36.2 Å². The van der Waals surface area contributed by atoms with Crippen molar-refractivity contribution in [1.82, 2.24) is 4.98 Å². The van der Waals surface area contributed by atoms with E-state index in [-0.39, 0.29) is 11.8 Å². The summed E-state index contributed by atoms with van der Waals surface area (Å²) in [7, 11) is 1.55. The number of nitriles is 1. The van der Waals surface area contributed by atoms with E-state index in [1.54, 1.807) is 13.2 Å². The van der Waals surface area contributed by atoms with Crippen LogP contribution in [0.3, 0.4) is 0 Å². The fourth-order valence-electron chi connectivity index (χ4n) is 4.29. The average Bonchev–Trinajstić information content (AvgIpc) is 3.38.